The third-order valence-electron chi connectivity index (χ3n) is 4.78. The molecule has 1 aromatic carbocycles. The molecular formula is C20H21F3N4OS. The number of amides is 1. The second-order valence-corrected chi connectivity index (χ2v) is 8.11. The van der Waals surface area contributed by atoms with Gasteiger partial charge in [0, 0.05) is 4.88 Å². The van der Waals surface area contributed by atoms with E-state index in [1.807, 2.05) is 13.8 Å². The smallest absolute Gasteiger partial charge is 0.358 e. The topological polar surface area (TPSA) is 66.9 Å². The maximum atomic E-state index is 12.9. The Labute approximate surface area is 170 Å². The van der Waals surface area contributed by atoms with Crippen LogP contribution in [0.25, 0.3) is 10.2 Å². The number of hydrogen-bond acceptors (Lipinski definition) is 5. The number of nitrogens with zero attached hydrogens (tertiary/aromatic N) is 2. The number of aromatic nitrogens is 2. The van der Waals surface area contributed by atoms with Crippen molar-refractivity contribution in [1.29, 1.82) is 0 Å². The molecule has 0 spiro atoms. The molecule has 2 aromatic heterocycles. The van der Waals surface area contributed by atoms with Crippen LogP contribution in [0.3, 0.4) is 0 Å². The molecule has 0 saturated heterocycles. The third-order valence-corrected chi connectivity index (χ3v) is 5.90. The Morgan fingerprint density at radius 1 is 1.17 bits per heavy atom. The summed E-state index contributed by atoms with van der Waals surface area (Å²) in [6.45, 7) is 7.30. The summed E-state index contributed by atoms with van der Waals surface area (Å²) in [6, 6.07) is 3.74. The average Bonchev–Trinajstić information content (AvgIpc) is 2.96. The zero-order chi connectivity index (χ0) is 21.3. The van der Waals surface area contributed by atoms with Crippen molar-refractivity contribution in [3.63, 3.8) is 0 Å². The summed E-state index contributed by atoms with van der Waals surface area (Å²) in [5.74, 6) is 0.220. The van der Waals surface area contributed by atoms with Gasteiger partial charge in [0.15, 0.2) is 0 Å². The fourth-order valence-electron chi connectivity index (χ4n) is 2.97. The lowest BCUT2D eigenvalue weighted by Gasteiger charge is -2.20. The molecule has 2 heterocycles. The van der Waals surface area contributed by atoms with Gasteiger partial charge in [0.25, 0.3) is 0 Å². The van der Waals surface area contributed by atoms with Crippen molar-refractivity contribution in [2.75, 3.05) is 5.32 Å². The summed E-state index contributed by atoms with van der Waals surface area (Å²) in [7, 11) is 0. The molecule has 0 aliphatic rings. The summed E-state index contributed by atoms with van der Waals surface area (Å²) in [6.07, 6.45) is -2.99. The van der Waals surface area contributed by atoms with Gasteiger partial charge in [-0.25, -0.2) is 9.97 Å². The maximum absolute atomic E-state index is 12.9. The number of nitrogens with one attached hydrogen (secondary N) is 2. The number of alkyl halides is 3. The van der Waals surface area contributed by atoms with Crippen molar-refractivity contribution in [1.82, 2.24) is 15.3 Å². The first-order chi connectivity index (χ1) is 13.6. The number of thiophene rings is 1. The molecule has 0 saturated carbocycles. The van der Waals surface area contributed by atoms with Crippen LogP contribution in [0.1, 0.15) is 41.5 Å². The molecule has 2 N–H and O–H groups in total. The lowest BCUT2D eigenvalue weighted by Crippen LogP contribution is -2.39. The van der Waals surface area contributed by atoms with E-state index in [9.17, 15) is 18.0 Å². The van der Waals surface area contributed by atoms with Gasteiger partial charge < -0.3 is 10.6 Å². The fourth-order valence-corrected chi connectivity index (χ4v) is 3.97. The minimum Gasteiger partial charge on any atom is -0.358 e. The summed E-state index contributed by atoms with van der Waals surface area (Å²) in [4.78, 5) is 23.1. The summed E-state index contributed by atoms with van der Waals surface area (Å²) in [5, 5.41) is 6.72. The van der Waals surface area contributed by atoms with Crippen molar-refractivity contribution >= 4 is 33.3 Å². The lowest BCUT2D eigenvalue weighted by atomic mass is 10.0. The Hall–Kier alpha value is -2.68. The summed E-state index contributed by atoms with van der Waals surface area (Å²) >= 11 is 1.56. The van der Waals surface area contributed by atoms with Crippen LogP contribution in [0, 0.1) is 13.8 Å². The van der Waals surface area contributed by atoms with E-state index in [1.165, 1.54) is 12.4 Å². The van der Waals surface area contributed by atoms with Crippen molar-refractivity contribution < 1.29 is 18.0 Å². The standard InChI is InChI=1S/C20H21F3N4OS/c1-10-13(4)29-19-16(10)17(24-9-25-19)26-12(3)18(28)27-11(2)14-6-5-7-15(8-14)20(21,22)23/h5-9,11-12H,1-4H3,(H,27,28)(H,24,25,26)/t11-,12+/m0/s1. The van der Waals surface area contributed by atoms with Gasteiger partial charge in [0.2, 0.25) is 5.91 Å². The number of carbonyl (C=O) groups is 1. The van der Waals surface area contributed by atoms with Crippen LogP contribution in [-0.2, 0) is 11.0 Å². The van der Waals surface area contributed by atoms with E-state index >= 15 is 0 Å². The molecule has 154 valence electrons. The van der Waals surface area contributed by atoms with E-state index < -0.39 is 23.8 Å². The molecule has 2 atom stereocenters. The van der Waals surface area contributed by atoms with Crippen molar-refractivity contribution in [3.8, 4) is 0 Å². The van der Waals surface area contributed by atoms with Gasteiger partial charge in [-0.2, -0.15) is 13.2 Å². The molecule has 0 radical (unpaired) electrons. The first-order valence-electron chi connectivity index (χ1n) is 9.02. The average molecular weight is 422 g/mol. The minimum absolute atomic E-state index is 0.341. The Bertz CT molecular complexity index is 1050. The van der Waals surface area contributed by atoms with Crippen LogP contribution < -0.4 is 10.6 Å². The second kappa shape index (κ2) is 7.98. The highest BCUT2D eigenvalue weighted by Gasteiger charge is 2.31. The predicted octanol–water partition coefficient (Wildman–Crippen LogP) is 5.00. The first kappa shape index (κ1) is 21.0. The SMILES string of the molecule is Cc1sc2ncnc(N[C@H](C)C(=O)N[C@@H](C)c3cccc(C(F)(F)F)c3)c2c1C. The Morgan fingerprint density at radius 3 is 2.59 bits per heavy atom. The molecule has 0 aliphatic heterocycles. The molecule has 3 rings (SSSR count). The zero-order valence-electron chi connectivity index (χ0n) is 16.4. The van der Waals surface area contributed by atoms with E-state index in [4.69, 9.17) is 0 Å². The highest BCUT2D eigenvalue weighted by Crippen LogP contribution is 2.33. The number of aryl methyl sites for hydroxylation is 2. The molecule has 9 heteroatoms. The van der Waals surface area contributed by atoms with Crippen molar-refractivity contribution in [2.24, 2.45) is 0 Å². The molecule has 1 amide bonds. The molecule has 0 unspecified atom stereocenters. The molecule has 3 aromatic rings. The maximum Gasteiger partial charge on any atom is 0.416 e. The van der Waals surface area contributed by atoms with Crippen LogP contribution in [-0.4, -0.2) is 21.9 Å². The number of rotatable bonds is 5. The largest absolute Gasteiger partial charge is 0.416 e. The number of halogens is 3. The van der Waals surface area contributed by atoms with Gasteiger partial charge in [0.1, 0.15) is 23.0 Å². The third kappa shape index (κ3) is 4.50. The quantitative estimate of drug-likeness (QED) is 0.607. The van der Waals surface area contributed by atoms with Gasteiger partial charge in [0.05, 0.1) is 17.0 Å². The number of anilines is 1. The van der Waals surface area contributed by atoms with Crippen LogP contribution in [0.4, 0.5) is 19.0 Å². The Balaban J connectivity index is 1.73. The normalized spacial score (nSPS) is 13.9. The molecular weight excluding hydrogens is 401 g/mol. The van der Waals surface area contributed by atoms with Crippen LogP contribution in [0.15, 0.2) is 30.6 Å². The first-order valence-corrected chi connectivity index (χ1v) is 9.84. The Kier molecular flexibility index (Phi) is 5.79. The molecule has 0 bridgehead atoms. The molecule has 0 aliphatic carbocycles. The van der Waals surface area contributed by atoms with E-state index in [0.29, 0.717) is 11.4 Å². The number of fused-ring (bicyclic) bond motifs is 1. The zero-order valence-corrected chi connectivity index (χ0v) is 17.2. The van der Waals surface area contributed by atoms with E-state index in [1.54, 1.807) is 31.3 Å². The molecule has 0 fully saturated rings. The number of hydrogen-bond donors (Lipinski definition) is 2. The van der Waals surface area contributed by atoms with Crippen LogP contribution in [0.5, 0.6) is 0 Å². The van der Waals surface area contributed by atoms with Crippen molar-refractivity contribution in [3.05, 3.63) is 52.2 Å². The highest BCUT2D eigenvalue weighted by atomic mass is 32.1. The number of carbonyl (C=O) groups excluding carboxylic acids is 1. The minimum atomic E-state index is -4.43. The van der Waals surface area contributed by atoms with E-state index in [-0.39, 0.29) is 5.91 Å². The summed E-state index contributed by atoms with van der Waals surface area (Å²) in [5.41, 5.74) is 0.695. The van der Waals surface area contributed by atoms with Gasteiger partial charge in [-0.1, -0.05) is 12.1 Å². The van der Waals surface area contributed by atoms with E-state index in [0.717, 1.165) is 32.8 Å². The van der Waals surface area contributed by atoms with Crippen molar-refractivity contribution in [2.45, 2.75) is 46.0 Å². The van der Waals surface area contributed by atoms with Crippen LogP contribution >= 0.6 is 11.3 Å². The highest BCUT2D eigenvalue weighted by molar-refractivity contribution is 7.18. The second-order valence-electron chi connectivity index (χ2n) is 6.91. The van der Waals surface area contributed by atoms with Gasteiger partial charge in [-0.05, 0) is 51.0 Å². The van der Waals surface area contributed by atoms with Gasteiger partial charge >= 0.3 is 6.18 Å². The predicted molar refractivity (Wildman–Crippen MR) is 108 cm³/mol. The van der Waals surface area contributed by atoms with Gasteiger partial charge in [-0.15, -0.1) is 11.3 Å². The molecule has 5 nitrogen and oxygen atoms in total. The number of benzene rings is 1. The summed E-state index contributed by atoms with van der Waals surface area (Å²) < 4.78 is 38.8. The van der Waals surface area contributed by atoms with Crippen LogP contribution in [0.2, 0.25) is 0 Å². The lowest BCUT2D eigenvalue weighted by molar-refractivity contribution is -0.137. The Morgan fingerprint density at radius 2 is 1.90 bits per heavy atom. The van der Waals surface area contributed by atoms with E-state index in [2.05, 4.69) is 20.6 Å². The fraction of sp³-hybridized carbons (Fsp3) is 0.350. The van der Waals surface area contributed by atoms with Gasteiger partial charge in [-0.3, -0.25) is 4.79 Å². The monoisotopic (exact) mass is 422 g/mol. The molecule has 29 heavy (non-hydrogen) atoms.